The van der Waals surface area contributed by atoms with E-state index in [1.807, 2.05) is 13.8 Å². The van der Waals surface area contributed by atoms with Crippen molar-refractivity contribution in [1.82, 2.24) is 16.0 Å². The van der Waals surface area contributed by atoms with E-state index in [0.29, 0.717) is 31.1 Å². The zero-order chi connectivity index (χ0) is 29.9. The van der Waals surface area contributed by atoms with Crippen LogP contribution in [0.5, 0.6) is 0 Å². The highest BCUT2D eigenvalue weighted by molar-refractivity contribution is 8.13. The van der Waals surface area contributed by atoms with Gasteiger partial charge in [0.2, 0.25) is 22.8 Å². The van der Waals surface area contributed by atoms with Crippen LogP contribution < -0.4 is 16.0 Å². The van der Waals surface area contributed by atoms with E-state index < -0.39 is 35.2 Å². The van der Waals surface area contributed by atoms with Crippen molar-refractivity contribution in [1.29, 1.82) is 0 Å². The Morgan fingerprint density at radius 3 is 2.27 bits per heavy atom. The number of hydrogen-bond acceptors (Lipinski definition) is 8. The maximum Gasteiger partial charge on any atom is 0.249 e. The van der Waals surface area contributed by atoms with E-state index in [2.05, 4.69) is 16.0 Å². The minimum absolute atomic E-state index is 0.0984. The molecule has 1 aliphatic heterocycles. The molecule has 1 heterocycles. The quantitative estimate of drug-likeness (QED) is 0.209. The van der Waals surface area contributed by atoms with E-state index in [4.69, 9.17) is 9.47 Å². The van der Waals surface area contributed by atoms with Gasteiger partial charge in [0.05, 0.1) is 18.6 Å². The van der Waals surface area contributed by atoms with Crippen molar-refractivity contribution in [2.75, 3.05) is 25.4 Å². The Morgan fingerprint density at radius 2 is 1.65 bits per heavy atom. The minimum Gasteiger partial charge on any atom is -0.355 e. The molecule has 2 rings (SSSR count). The lowest BCUT2D eigenvalue weighted by Crippen LogP contribution is -2.56. The number of rotatable bonds is 14. The van der Waals surface area contributed by atoms with Crippen LogP contribution in [0.15, 0.2) is 0 Å². The monoisotopic (exact) mass is 583 g/mol. The van der Waals surface area contributed by atoms with Crippen LogP contribution >= 0.6 is 11.8 Å². The highest BCUT2D eigenvalue weighted by atomic mass is 32.2. The van der Waals surface area contributed by atoms with Crippen LogP contribution in [0.2, 0.25) is 0 Å². The molecule has 2 aliphatic rings. The van der Waals surface area contributed by atoms with E-state index in [1.165, 1.54) is 13.3 Å². The van der Waals surface area contributed by atoms with Crippen molar-refractivity contribution in [2.45, 2.75) is 111 Å². The van der Waals surface area contributed by atoms with Crippen LogP contribution in [0.25, 0.3) is 0 Å². The van der Waals surface area contributed by atoms with Gasteiger partial charge < -0.3 is 25.4 Å². The summed E-state index contributed by atoms with van der Waals surface area (Å²) in [5.74, 6) is -1.98. The van der Waals surface area contributed by atoms with Crippen LogP contribution in [0.3, 0.4) is 0 Å². The third-order valence-corrected chi connectivity index (χ3v) is 8.55. The summed E-state index contributed by atoms with van der Waals surface area (Å²) in [7, 11) is 0. The SMILES string of the molecule is CCC(C(C)=O)C(=O)N[C@@H](CC1CCCCC1)C(=O)SCCNC(=O)CCNC(=O)[C@@H]1OC(C)(C)OCC1(C)C. The van der Waals surface area contributed by atoms with Crippen LogP contribution in [-0.2, 0) is 33.4 Å². The zero-order valence-electron chi connectivity index (χ0n) is 25.1. The highest BCUT2D eigenvalue weighted by Gasteiger charge is 2.45. The fourth-order valence-electron chi connectivity index (χ4n) is 5.14. The van der Waals surface area contributed by atoms with E-state index in [1.54, 1.807) is 20.8 Å². The average Bonchev–Trinajstić information content (AvgIpc) is 2.88. The van der Waals surface area contributed by atoms with Gasteiger partial charge in [0.1, 0.15) is 11.9 Å². The first-order valence-electron chi connectivity index (χ1n) is 14.6. The summed E-state index contributed by atoms with van der Waals surface area (Å²) >= 11 is 1.08. The molecular weight excluding hydrogens is 534 g/mol. The van der Waals surface area contributed by atoms with Gasteiger partial charge in [0, 0.05) is 30.7 Å². The van der Waals surface area contributed by atoms with Crippen molar-refractivity contribution in [3.8, 4) is 0 Å². The normalized spacial score (nSPS) is 22.0. The van der Waals surface area contributed by atoms with Gasteiger partial charge in [0.25, 0.3) is 0 Å². The van der Waals surface area contributed by atoms with Crippen molar-refractivity contribution >= 4 is 40.4 Å². The molecule has 0 aromatic heterocycles. The summed E-state index contributed by atoms with van der Waals surface area (Å²) in [5, 5.41) is 8.25. The lowest BCUT2D eigenvalue weighted by molar-refractivity contribution is -0.304. The highest BCUT2D eigenvalue weighted by Crippen LogP contribution is 2.35. The Morgan fingerprint density at radius 1 is 0.975 bits per heavy atom. The van der Waals surface area contributed by atoms with Gasteiger partial charge in [-0.1, -0.05) is 64.6 Å². The van der Waals surface area contributed by atoms with Gasteiger partial charge in [-0.15, -0.1) is 0 Å². The van der Waals surface area contributed by atoms with Gasteiger partial charge in [-0.05, 0) is 39.5 Å². The first-order chi connectivity index (χ1) is 18.8. The number of Topliss-reactive ketones (excluding diaryl/α,β-unsaturated/α-hetero) is 1. The largest absolute Gasteiger partial charge is 0.355 e. The Balaban J connectivity index is 1.77. The molecule has 1 aliphatic carbocycles. The third-order valence-electron chi connectivity index (χ3n) is 7.57. The van der Waals surface area contributed by atoms with Crippen LogP contribution in [0.1, 0.15) is 92.9 Å². The Hall–Kier alpha value is -1.98. The molecule has 3 atom stereocenters. The Labute approximate surface area is 243 Å². The molecule has 3 N–H and O–H groups in total. The van der Waals surface area contributed by atoms with Gasteiger partial charge in [-0.3, -0.25) is 24.0 Å². The second kappa shape index (κ2) is 15.9. The van der Waals surface area contributed by atoms with E-state index in [0.717, 1.165) is 37.4 Å². The smallest absolute Gasteiger partial charge is 0.249 e. The predicted molar refractivity (Wildman–Crippen MR) is 154 cm³/mol. The lowest BCUT2D eigenvalue weighted by atomic mass is 9.85. The van der Waals surface area contributed by atoms with Crippen molar-refractivity contribution in [2.24, 2.45) is 17.3 Å². The number of ether oxygens (including phenoxy) is 2. The molecule has 40 heavy (non-hydrogen) atoms. The fourth-order valence-corrected chi connectivity index (χ4v) is 5.91. The summed E-state index contributed by atoms with van der Waals surface area (Å²) in [5.41, 5.74) is -0.497. The van der Waals surface area contributed by atoms with Gasteiger partial charge in [-0.2, -0.15) is 0 Å². The second-order valence-corrected chi connectivity index (χ2v) is 13.2. The lowest BCUT2D eigenvalue weighted by Gasteiger charge is -2.44. The van der Waals surface area contributed by atoms with Crippen LogP contribution in [0.4, 0.5) is 0 Å². The van der Waals surface area contributed by atoms with Gasteiger partial charge in [-0.25, -0.2) is 0 Å². The minimum atomic E-state index is -0.854. The average molecular weight is 584 g/mol. The summed E-state index contributed by atoms with van der Waals surface area (Å²) < 4.78 is 11.5. The molecule has 11 heteroatoms. The molecular formula is C29H49N3O7S. The predicted octanol–water partition coefficient (Wildman–Crippen LogP) is 3.12. The molecule has 228 valence electrons. The molecule has 1 unspecified atom stereocenters. The van der Waals surface area contributed by atoms with Crippen LogP contribution in [0, 0.1) is 17.3 Å². The van der Waals surface area contributed by atoms with E-state index in [-0.39, 0.29) is 42.2 Å². The number of carbonyl (C=O) groups excluding carboxylic acids is 5. The number of thioether (sulfide) groups is 1. The van der Waals surface area contributed by atoms with Crippen molar-refractivity contribution in [3.05, 3.63) is 0 Å². The number of hydrogen-bond donors (Lipinski definition) is 3. The summed E-state index contributed by atoms with van der Waals surface area (Å²) in [6.07, 6.45) is 5.90. The summed E-state index contributed by atoms with van der Waals surface area (Å²) in [6, 6.07) is -0.651. The number of carbonyl (C=O) groups is 5. The van der Waals surface area contributed by atoms with Crippen molar-refractivity contribution in [3.63, 3.8) is 0 Å². The number of ketones is 1. The van der Waals surface area contributed by atoms with Crippen molar-refractivity contribution < 1.29 is 33.4 Å². The molecule has 3 amide bonds. The number of nitrogens with one attached hydrogen (secondary N) is 3. The molecule has 0 radical (unpaired) electrons. The Bertz CT molecular complexity index is 902. The summed E-state index contributed by atoms with van der Waals surface area (Å²) in [4.78, 5) is 62.6. The zero-order valence-corrected chi connectivity index (χ0v) is 25.9. The topological polar surface area (TPSA) is 140 Å². The molecule has 0 aromatic carbocycles. The maximum absolute atomic E-state index is 13.1. The molecule has 0 bridgehead atoms. The first-order valence-corrected chi connectivity index (χ1v) is 15.6. The second-order valence-electron chi connectivity index (χ2n) is 12.1. The van der Waals surface area contributed by atoms with E-state index >= 15 is 0 Å². The molecule has 10 nitrogen and oxygen atoms in total. The molecule has 0 spiro atoms. The third kappa shape index (κ3) is 11.1. The molecule has 1 saturated heterocycles. The molecule has 2 fully saturated rings. The van der Waals surface area contributed by atoms with Gasteiger partial charge in [0.15, 0.2) is 5.79 Å². The standard InChI is InChI=1S/C29H49N3O7S/c1-7-21(19(2)33)25(35)32-22(17-20-11-9-8-10-12-20)27(37)40-16-15-30-23(34)13-14-31-26(36)24-28(3,4)18-38-29(5,6)39-24/h20-22,24H,7-18H2,1-6H3,(H,30,34)(H,31,36)(H,32,35)/t21?,22-,24-/m0/s1. The summed E-state index contributed by atoms with van der Waals surface area (Å²) in [6.45, 7) is 11.3. The Kier molecular flexibility index (Phi) is 13.6. The first kappa shape index (κ1) is 34.2. The molecule has 0 aromatic rings. The van der Waals surface area contributed by atoms with Gasteiger partial charge >= 0.3 is 0 Å². The molecule has 1 saturated carbocycles. The maximum atomic E-state index is 13.1. The van der Waals surface area contributed by atoms with Crippen LogP contribution in [-0.4, -0.2) is 72.0 Å². The number of amides is 3. The van der Waals surface area contributed by atoms with E-state index in [9.17, 15) is 24.0 Å². The fraction of sp³-hybridized carbons (Fsp3) is 0.828.